The first kappa shape index (κ1) is 27.1. The van der Waals surface area contributed by atoms with Crippen LogP contribution in [0, 0.1) is 45.3 Å². The molecule has 5 nitrogen and oxygen atoms in total. The van der Waals surface area contributed by atoms with Gasteiger partial charge in [0, 0.05) is 13.0 Å². The fraction of sp³-hybridized carbons (Fsp3) is 0.935. The zero-order valence-corrected chi connectivity index (χ0v) is 24.0. The third-order valence-electron chi connectivity index (χ3n) is 12.9. The molecule has 5 heteroatoms. The largest absolute Gasteiger partial charge is 0.393 e. The Morgan fingerprint density at radius 1 is 1.06 bits per heavy atom. The van der Waals surface area contributed by atoms with Crippen molar-refractivity contribution in [2.75, 3.05) is 7.11 Å². The minimum absolute atomic E-state index is 0.0436. The minimum Gasteiger partial charge on any atom is -0.393 e. The highest BCUT2D eigenvalue weighted by Crippen LogP contribution is 2.73. The summed E-state index contributed by atoms with van der Waals surface area (Å²) in [6, 6.07) is 0. The van der Waals surface area contributed by atoms with Gasteiger partial charge in [-0.2, -0.15) is 0 Å². The van der Waals surface area contributed by atoms with E-state index in [1.54, 1.807) is 26.5 Å². The zero-order valence-electron chi connectivity index (χ0n) is 24.0. The van der Waals surface area contributed by atoms with Gasteiger partial charge in [-0.15, -0.1) is 0 Å². The van der Waals surface area contributed by atoms with E-state index in [1.807, 2.05) is 0 Å². The van der Waals surface area contributed by atoms with Crippen LogP contribution < -0.4 is 0 Å². The minimum atomic E-state index is -1.20. The van der Waals surface area contributed by atoms with E-state index in [9.17, 15) is 15.3 Å². The molecule has 0 aromatic rings. The van der Waals surface area contributed by atoms with Crippen LogP contribution in [0.4, 0.5) is 0 Å². The Hall–Kier alpha value is -0.460. The fourth-order valence-corrected chi connectivity index (χ4v) is 10.4. The van der Waals surface area contributed by atoms with Gasteiger partial charge in [0.2, 0.25) is 0 Å². The van der Waals surface area contributed by atoms with Crippen LogP contribution in [0.25, 0.3) is 0 Å². The maximum atomic E-state index is 10.9. The number of aliphatic hydroxyl groups excluding tert-OH is 2. The summed E-state index contributed by atoms with van der Waals surface area (Å²) in [5.41, 5.74) is 1.01. The molecule has 3 N–H and O–H groups in total. The van der Waals surface area contributed by atoms with Gasteiger partial charge in [-0.05, 0) is 105 Å². The summed E-state index contributed by atoms with van der Waals surface area (Å²) in [4.78, 5) is 0. The van der Waals surface area contributed by atoms with E-state index >= 15 is 0 Å². The van der Waals surface area contributed by atoms with Crippen molar-refractivity contribution in [1.29, 1.82) is 0 Å². The van der Waals surface area contributed by atoms with Crippen molar-refractivity contribution in [3.05, 3.63) is 11.6 Å². The second-order valence-electron chi connectivity index (χ2n) is 15.1. The molecule has 5 rings (SSSR count). The quantitative estimate of drug-likeness (QED) is 0.443. The molecule has 1 heterocycles. The van der Waals surface area contributed by atoms with Crippen LogP contribution >= 0.6 is 0 Å². The molecule has 0 spiro atoms. The lowest BCUT2D eigenvalue weighted by atomic mass is 9.41. The Morgan fingerprint density at radius 2 is 1.75 bits per heavy atom. The van der Waals surface area contributed by atoms with Crippen molar-refractivity contribution in [2.24, 2.45) is 45.3 Å². The molecule has 4 aliphatic carbocycles. The van der Waals surface area contributed by atoms with Gasteiger partial charge in [-0.1, -0.05) is 46.3 Å². The van der Waals surface area contributed by atoms with Crippen LogP contribution in [0.1, 0.15) is 99.8 Å². The van der Waals surface area contributed by atoms with E-state index in [1.165, 1.54) is 19.3 Å². The molecule has 0 aromatic carbocycles. The Bertz CT molecular complexity index is 890. The first-order valence-corrected chi connectivity index (χ1v) is 14.6. The SMILES string of the molecule is CO[C@H]1O[C@@H]([C@H](O)C(C)(C)O)C[C@H]1[C@@H]1CC[C@]2(C)C3=CC[C@H]4C(C)(C)[C@H](O)CC[C@]4(C)[C@H]3CC[C@@]12C. The van der Waals surface area contributed by atoms with E-state index in [2.05, 4.69) is 40.7 Å². The average molecular weight is 505 g/mol. The highest BCUT2D eigenvalue weighted by Gasteiger charge is 2.66. The Morgan fingerprint density at radius 3 is 2.39 bits per heavy atom. The van der Waals surface area contributed by atoms with Crippen LogP contribution in [0.15, 0.2) is 11.6 Å². The van der Waals surface area contributed by atoms with Crippen LogP contribution in [0.2, 0.25) is 0 Å². The third kappa shape index (κ3) is 3.58. The van der Waals surface area contributed by atoms with Crippen molar-refractivity contribution >= 4 is 0 Å². The van der Waals surface area contributed by atoms with Crippen LogP contribution in [-0.2, 0) is 9.47 Å². The predicted molar refractivity (Wildman–Crippen MR) is 141 cm³/mol. The van der Waals surface area contributed by atoms with E-state index in [4.69, 9.17) is 9.47 Å². The van der Waals surface area contributed by atoms with E-state index in [0.29, 0.717) is 17.8 Å². The summed E-state index contributed by atoms with van der Waals surface area (Å²) in [6.07, 6.45) is 9.34. The second kappa shape index (κ2) is 8.52. The van der Waals surface area contributed by atoms with Crippen LogP contribution in [-0.4, -0.2) is 52.6 Å². The predicted octanol–water partition coefficient (Wildman–Crippen LogP) is 5.46. The normalized spacial score (nSPS) is 51.2. The van der Waals surface area contributed by atoms with Gasteiger partial charge in [0.15, 0.2) is 6.29 Å². The molecular weight excluding hydrogens is 452 g/mol. The zero-order chi connectivity index (χ0) is 26.5. The Kier molecular flexibility index (Phi) is 6.42. The molecule has 3 saturated carbocycles. The molecule has 0 radical (unpaired) electrons. The number of hydrogen-bond acceptors (Lipinski definition) is 5. The molecule has 5 aliphatic rings. The van der Waals surface area contributed by atoms with Gasteiger partial charge in [0.25, 0.3) is 0 Å². The average Bonchev–Trinajstić information content (AvgIpc) is 3.33. The lowest BCUT2D eigenvalue weighted by Crippen LogP contribution is -2.58. The van der Waals surface area contributed by atoms with Gasteiger partial charge >= 0.3 is 0 Å². The molecule has 1 saturated heterocycles. The van der Waals surface area contributed by atoms with Crippen molar-refractivity contribution < 1.29 is 24.8 Å². The van der Waals surface area contributed by atoms with Crippen LogP contribution in [0.5, 0.6) is 0 Å². The summed E-state index contributed by atoms with van der Waals surface area (Å²) in [5.74, 6) is 1.81. The van der Waals surface area contributed by atoms with Gasteiger partial charge in [0.1, 0.15) is 6.10 Å². The Labute approximate surface area is 219 Å². The molecule has 0 amide bonds. The summed E-state index contributed by atoms with van der Waals surface area (Å²) in [6.45, 7) is 15.5. The molecule has 0 aromatic heterocycles. The van der Waals surface area contributed by atoms with Crippen molar-refractivity contribution in [3.8, 4) is 0 Å². The molecule has 4 fully saturated rings. The van der Waals surface area contributed by atoms with Gasteiger partial charge in [-0.25, -0.2) is 0 Å². The van der Waals surface area contributed by atoms with Crippen molar-refractivity contribution in [1.82, 2.24) is 0 Å². The second-order valence-corrected chi connectivity index (χ2v) is 15.1. The van der Waals surface area contributed by atoms with Gasteiger partial charge in [-0.3, -0.25) is 0 Å². The summed E-state index contributed by atoms with van der Waals surface area (Å²) in [5, 5.41) is 32.1. The van der Waals surface area contributed by atoms with E-state index in [-0.39, 0.29) is 40.0 Å². The molecule has 0 unspecified atom stereocenters. The highest BCUT2D eigenvalue weighted by molar-refractivity contribution is 5.33. The van der Waals surface area contributed by atoms with E-state index < -0.39 is 17.8 Å². The van der Waals surface area contributed by atoms with Crippen molar-refractivity contribution in [2.45, 2.75) is 130 Å². The number of aliphatic hydroxyl groups is 3. The van der Waals surface area contributed by atoms with E-state index in [0.717, 1.165) is 32.1 Å². The van der Waals surface area contributed by atoms with Crippen molar-refractivity contribution in [3.63, 3.8) is 0 Å². The van der Waals surface area contributed by atoms with Gasteiger partial charge in [0.05, 0.1) is 17.8 Å². The number of rotatable bonds is 4. The third-order valence-corrected chi connectivity index (χ3v) is 12.9. The molecule has 36 heavy (non-hydrogen) atoms. The molecule has 1 aliphatic heterocycles. The summed E-state index contributed by atoms with van der Waals surface area (Å²) in [7, 11) is 1.72. The number of ether oxygens (including phenoxy) is 2. The number of allylic oxidation sites excluding steroid dienone is 2. The fourth-order valence-electron chi connectivity index (χ4n) is 10.4. The highest BCUT2D eigenvalue weighted by atomic mass is 16.7. The monoisotopic (exact) mass is 504 g/mol. The molecule has 0 bridgehead atoms. The maximum absolute atomic E-state index is 10.9. The smallest absolute Gasteiger partial charge is 0.160 e. The lowest BCUT2D eigenvalue weighted by Gasteiger charge is -2.64. The first-order valence-electron chi connectivity index (χ1n) is 14.6. The Balaban J connectivity index is 1.45. The number of hydrogen-bond donors (Lipinski definition) is 3. The summed E-state index contributed by atoms with van der Waals surface area (Å²) < 4.78 is 12.1. The topological polar surface area (TPSA) is 79.2 Å². The van der Waals surface area contributed by atoms with Gasteiger partial charge < -0.3 is 24.8 Å². The lowest BCUT2D eigenvalue weighted by molar-refractivity contribution is -0.184. The standard InChI is InChI=1S/C31H52O5/c1-27(2)23-10-9-21-20(29(23,5)14-13-24(27)32)12-16-30(6)19(11-15-31(21,30)7)18-17-22(36-26(18)35-8)25(33)28(3,4)34/h9,18-20,22-26,32-34H,10-17H2,1-8H3/t18-,19-,20-,22+,23-,24+,25-,26-,29+,30-,31+/m0/s1. The maximum Gasteiger partial charge on any atom is 0.160 e. The number of fused-ring (bicyclic) bond motifs is 5. The number of methoxy groups -OCH3 is 1. The molecular formula is C31H52O5. The summed E-state index contributed by atoms with van der Waals surface area (Å²) >= 11 is 0. The van der Waals surface area contributed by atoms with Crippen LogP contribution in [0.3, 0.4) is 0 Å². The molecule has 206 valence electrons. The molecule has 11 atom stereocenters. The first-order chi connectivity index (χ1) is 16.6.